The average Bonchev–Trinajstić information content (AvgIpc) is 3.32. The fourth-order valence-corrected chi connectivity index (χ4v) is 3.71. The number of para-hydroxylation sites is 2. The van der Waals surface area contributed by atoms with Gasteiger partial charge in [0.1, 0.15) is 11.5 Å². The Kier molecular flexibility index (Phi) is 5.51. The zero-order valence-electron chi connectivity index (χ0n) is 16.8. The van der Waals surface area contributed by atoms with Crippen molar-refractivity contribution in [1.82, 2.24) is 10.3 Å². The number of oxazole rings is 1. The summed E-state index contributed by atoms with van der Waals surface area (Å²) in [5, 5.41) is 3.00. The second kappa shape index (κ2) is 8.39. The van der Waals surface area contributed by atoms with E-state index >= 15 is 0 Å². The minimum absolute atomic E-state index is 0.0551. The summed E-state index contributed by atoms with van der Waals surface area (Å²) in [5.41, 5.74) is 4.07. The van der Waals surface area contributed by atoms with E-state index in [9.17, 15) is 4.79 Å². The van der Waals surface area contributed by atoms with E-state index in [1.807, 2.05) is 31.2 Å². The van der Waals surface area contributed by atoms with Crippen LogP contribution in [-0.2, 0) is 17.6 Å². The van der Waals surface area contributed by atoms with Crippen LogP contribution in [0, 0.1) is 6.92 Å². The zero-order valence-corrected chi connectivity index (χ0v) is 16.8. The van der Waals surface area contributed by atoms with Crippen molar-refractivity contribution in [1.29, 1.82) is 0 Å². The highest BCUT2D eigenvalue weighted by Crippen LogP contribution is 2.30. The van der Waals surface area contributed by atoms with Crippen molar-refractivity contribution >= 4 is 11.6 Å². The Bertz CT molecular complexity index is 1010. The van der Waals surface area contributed by atoms with Crippen LogP contribution in [0.4, 0.5) is 5.69 Å². The number of nitrogens with one attached hydrogen (secondary N) is 1. The summed E-state index contributed by atoms with van der Waals surface area (Å²) in [6.07, 6.45) is 1.26. The standard InChI is InChI=1S/C23H25N3O3/c1-16-19(25-23(29-16)18-8-4-6-10-21(18)28-2)15-22(27)24-12-14-26-13-11-17-7-3-5-9-20(17)26/h3-10H,11-15H2,1-2H3,(H,24,27). The van der Waals surface area contributed by atoms with Gasteiger partial charge in [-0.3, -0.25) is 4.79 Å². The van der Waals surface area contributed by atoms with Crippen molar-refractivity contribution in [3.63, 3.8) is 0 Å². The number of ether oxygens (including phenoxy) is 1. The number of rotatable bonds is 7. The molecule has 1 aliphatic heterocycles. The molecule has 0 atom stereocenters. The van der Waals surface area contributed by atoms with Gasteiger partial charge in [-0.25, -0.2) is 4.98 Å². The van der Waals surface area contributed by atoms with Gasteiger partial charge < -0.3 is 19.4 Å². The van der Waals surface area contributed by atoms with E-state index in [-0.39, 0.29) is 12.3 Å². The number of aryl methyl sites for hydroxylation is 1. The van der Waals surface area contributed by atoms with Crippen LogP contribution < -0.4 is 15.0 Å². The molecule has 2 heterocycles. The molecular formula is C23H25N3O3. The summed E-state index contributed by atoms with van der Waals surface area (Å²) in [7, 11) is 1.61. The maximum absolute atomic E-state index is 12.4. The molecule has 1 N–H and O–H groups in total. The number of hydrogen-bond acceptors (Lipinski definition) is 5. The first-order chi connectivity index (χ1) is 14.2. The number of anilines is 1. The lowest BCUT2D eigenvalue weighted by molar-refractivity contribution is -0.120. The smallest absolute Gasteiger partial charge is 0.230 e. The minimum Gasteiger partial charge on any atom is -0.496 e. The maximum atomic E-state index is 12.4. The van der Waals surface area contributed by atoms with Gasteiger partial charge in [-0.2, -0.15) is 0 Å². The molecule has 0 saturated carbocycles. The molecule has 1 amide bonds. The summed E-state index contributed by atoms with van der Waals surface area (Å²) < 4.78 is 11.2. The van der Waals surface area contributed by atoms with E-state index in [4.69, 9.17) is 9.15 Å². The summed E-state index contributed by atoms with van der Waals surface area (Å²) in [4.78, 5) is 19.3. The summed E-state index contributed by atoms with van der Waals surface area (Å²) in [5.74, 6) is 1.75. The van der Waals surface area contributed by atoms with Crippen molar-refractivity contribution in [2.24, 2.45) is 0 Å². The molecule has 0 bridgehead atoms. The Morgan fingerprint density at radius 2 is 2.00 bits per heavy atom. The normalized spacial score (nSPS) is 12.7. The number of hydrogen-bond donors (Lipinski definition) is 1. The zero-order chi connectivity index (χ0) is 20.2. The van der Waals surface area contributed by atoms with Gasteiger partial charge in [-0.05, 0) is 37.1 Å². The average molecular weight is 391 g/mol. The summed E-state index contributed by atoms with van der Waals surface area (Å²) in [6, 6.07) is 16.0. The van der Waals surface area contributed by atoms with Crippen LogP contribution in [-0.4, -0.2) is 37.6 Å². The van der Waals surface area contributed by atoms with E-state index in [0.717, 1.165) is 25.1 Å². The number of nitrogens with zero attached hydrogens (tertiary/aromatic N) is 2. The maximum Gasteiger partial charge on any atom is 0.230 e. The van der Waals surface area contributed by atoms with Crippen LogP contribution in [0.2, 0.25) is 0 Å². The largest absolute Gasteiger partial charge is 0.496 e. The Morgan fingerprint density at radius 1 is 1.21 bits per heavy atom. The molecule has 4 rings (SSSR count). The lowest BCUT2D eigenvalue weighted by Gasteiger charge is -2.19. The van der Waals surface area contributed by atoms with Crippen LogP contribution in [0.1, 0.15) is 17.0 Å². The van der Waals surface area contributed by atoms with E-state index in [1.165, 1.54) is 11.3 Å². The second-order valence-corrected chi connectivity index (χ2v) is 7.11. The molecule has 6 heteroatoms. The van der Waals surface area contributed by atoms with Crippen molar-refractivity contribution in [3.8, 4) is 17.2 Å². The Hall–Kier alpha value is -3.28. The fourth-order valence-electron chi connectivity index (χ4n) is 3.71. The van der Waals surface area contributed by atoms with E-state index < -0.39 is 0 Å². The third-order valence-corrected chi connectivity index (χ3v) is 5.25. The molecule has 0 spiro atoms. The Morgan fingerprint density at radius 3 is 2.86 bits per heavy atom. The molecule has 1 aliphatic rings. The van der Waals surface area contributed by atoms with Gasteiger partial charge in [0, 0.05) is 25.3 Å². The first kappa shape index (κ1) is 19.1. The molecule has 150 valence electrons. The second-order valence-electron chi connectivity index (χ2n) is 7.11. The highest BCUT2D eigenvalue weighted by molar-refractivity contribution is 5.78. The molecule has 6 nitrogen and oxygen atoms in total. The highest BCUT2D eigenvalue weighted by Gasteiger charge is 2.19. The molecule has 3 aromatic rings. The number of carbonyl (C=O) groups is 1. The Labute approximate surface area is 170 Å². The highest BCUT2D eigenvalue weighted by atomic mass is 16.5. The molecular weight excluding hydrogens is 366 g/mol. The molecule has 0 aliphatic carbocycles. The van der Waals surface area contributed by atoms with Gasteiger partial charge >= 0.3 is 0 Å². The quantitative estimate of drug-likeness (QED) is 0.669. The number of benzene rings is 2. The van der Waals surface area contributed by atoms with E-state index in [0.29, 0.717) is 29.6 Å². The SMILES string of the molecule is COc1ccccc1-c1nc(CC(=O)NCCN2CCc3ccccc32)c(C)o1. The topological polar surface area (TPSA) is 67.6 Å². The molecule has 0 radical (unpaired) electrons. The molecule has 0 saturated heterocycles. The predicted molar refractivity (Wildman–Crippen MR) is 112 cm³/mol. The van der Waals surface area contributed by atoms with Crippen molar-refractivity contribution < 1.29 is 13.9 Å². The van der Waals surface area contributed by atoms with Gasteiger partial charge in [0.05, 0.1) is 24.8 Å². The minimum atomic E-state index is -0.0551. The van der Waals surface area contributed by atoms with Crippen LogP contribution in [0.15, 0.2) is 52.9 Å². The van der Waals surface area contributed by atoms with Gasteiger partial charge in [0.15, 0.2) is 0 Å². The Balaban J connectivity index is 1.34. The summed E-state index contributed by atoms with van der Waals surface area (Å²) >= 11 is 0. The lowest BCUT2D eigenvalue weighted by Crippen LogP contribution is -2.35. The van der Waals surface area contributed by atoms with Crippen LogP contribution in [0.25, 0.3) is 11.5 Å². The lowest BCUT2D eigenvalue weighted by atomic mass is 10.2. The van der Waals surface area contributed by atoms with Crippen LogP contribution in [0.3, 0.4) is 0 Å². The molecule has 29 heavy (non-hydrogen) atoms. The number of aromatic nitrogens is 1. The monoisotopic (exact) mass is 391 g/mol. The van der Waals surface area contributed by atoms with Gasteiger partial charge in [-0.1, -0.05) is 30.3 Å². The van der Waals surface area contributed by atoms with Crippen molar-refractivity contribution in [2.45, 2.75) is 19.8 Å². The third-order valence-electron chi connectivity index (χ3n) is 5.25. The van der Waals surface area contributed by atoms with E-state index in [2.05, 4.69) is 39.5 Å². The summed E-state index contributed by atoms with van der Waals surface area (Å²) in [6.45, 7) is 4.23. The number of carbonyl (C=O) groups excluding carboxylic acids is 1. The number of methoxy groups -OCH3 is 1. The molecule has 2 aromatic carbocycles. The molecule has 1 aromatic heterocycles. The number of fused-ring (bicyclic) bond motifs is 1. The van der Waals surface area contributed by atoms with Crippen LogP contribution in [0.5, 0.6) is 5.75 Å². The van der Waals surface area contributed by atoms with Crippen LogP contribution >= 0.6 is 0 Å². The first-order valence-corrected chi connectivity index (χ1v) is 9.85. The van der Waals surface area contributed by atoms with Gasteiger partial charge in [0.2, 0.25) is 11.8 Å². The predicted octanol–water partition coefficient (Wildman–Crippen LogP) is 3.38. The van der Waals surface area contributed by atoms with Gasteiger partial charge in [0.25, 0.3) is 0 Å². The third kappa shape index (κ3) is 4.11. The van der Waals surface area contributed by atoms with Crippen molar-refractivity contribution in [2.75, 3.05) is 31.6 Å². The molecule has 0 fully saturated rings. The van der Waals surface area contributed by atoms with Crippen molar-refractivity contribution in [3.05, 3.63) is 65.5 Å². The first-order valence-electron chi connectivity index (χ1n) is 9.85. The molecule has 0 unspecified atom stereocenters. The van der Waals surface area contributed by atoms with E-state index in [1.54, 1.807) is 7.11 Å². The number of amides is 1. The van der Waals surface area contributed by atoms with Gasteiger partial charge in [-0.15, -0.1) is 0 Å². The fraction of sp³-hybridized carbons (Fsp3) is 0.304.